The van der Waals surface area contributed by atoms with Crippen LogP contribution in [-0.4, -0.2) is 29.0 Å². The quantitative estimate of drug-likeness (QED) is 0.485. The number of likely N-dealkylation sites (tertiary alicyclic amines) is 1. The minimum atomic E-state index is -0.516. The molecular formula is C16H14FNO3. The number of hydrogen-bond donors (Lipinski definition) is 0. The van der Waals surface area contributed by atoms with E-state index in [1.807, 2.05) is 12.2 Å². The number of halogens is 1. The molecule has 0 N–H and O–H groups in total. The van der Waals surface area contributed by atoms with Crippen LogP contribution in [0.5, 0.6) is 0 Å². The molecule has 21 heavy (non-hydrogen) atoms. The maximum atomic E-state index is 13.1. The Bertz CT molecular complexity index is 627. The first kappa shape index (κ1) is 13.7. The Hall–Kier alpha value is -2.30. The fourth-order valence-corrected chi connectivity index (χ4v) is 2.92. The van der Waals surface area contributed by atoms with Crippen molar-refractivity contribution in [3.63, 3.8) is 0 Å². The SMILES string of the molecule is O=C(CN1C(=O)[C@H]2CC=CC[C@H]2C1=O)c1cccc(F)c1. The highest BCUT2D eigenvalue weighted by molar-refractivity contribution is 6.10. The summed E-state index contributed by atoms with van der Waals surface area (Å²) < 4.78 is 13.1. The zero-order valence-electron chi connectivity index (χ0n) is 11.3. The molecule has 4 nitrogen and oxygen atoms in total. The number of hydrogen-bond acceptors (Lipinski definition) is 3. The van der Waals surface area contributed by atoms with Crippen molar-refractivity contribution in [2.24, 2.45) is 11.8 Å². The van der Waals surface area contributed by atoms with E-state index in [4.69, 9.17) is 0 Å². The average molecular weight is 287 g/mol. The third kappa shape index (κ3) is 2.39. The largest absolute Gasteiger partial charge is 0.292 e. The van der Waals surface area contributed by atoms with Gasteiger partial charge in [-0.3, -0.25) is 19.3 Å². The molecule has 108 valence electrons. The van der Waals surface area contributed by atoms with E-state index >= 15 is 0 Å². The Labute approximate surface area is 121 Å². The van der Waals surface area contributed by atoms with Gasteiger partial charge < -0.3 is 0 Å². The van der Waals surface area contributed by atoms with E-state index in [0.717, 1.165) is 11.0 Å². The van der Waals surface area contributed by atoms with Crippen molar-refractivity contribution in [2.75, 3.05) is 6.54 Å². The van der Waals surface area contributed by atoms with Gasteiger partial charge in [-0.2, -0.15) is 0 Å². The number of rotatable bonds is 3. The third-order valence-electron chi connectivity index (χ3n) is 4.05. The van der Waals surface area contributed by atoms with E-state index in [0.29, 0.717) is 12.8 Å². The molecule has 1 aliphatic heterocycles. The minimum absolute atomic E-state index is 0.170. The van der Waals surface area contributed by atoms with Crippen LogP contribution < -0.4 is 0 Å². The lowest BCUT2D eigenvalue weighted by atomic mass is 9.85. The van der Waals surface area contributed by atoms with Crippen molar-refractivity contribution in [3.8, 4) is 0 Å². The smallest absolute Gasteiger partial charge is 0.233 e. The number of ketones is 1. The first-order valence-electron chi connectivity index (χ1n) is 6.87. The molecule has 2 amide bonds. The highest BCUT2D eigenvalue weighted by Gasteiger charge is 2.47. The van der Waals surface area contributed by atoms with E-state index in [1.165, 1.54) is 18.2 Å². The van der Waals surface area contributed by atoms with Gasteiger partial charge in [0.2, 0.25) is 11.8 Å². The molecule has 1 saturated heterocycles. The zero-order chi connectivity index (χ0) is 15.0. The van der Waals surface area contributed by atoms with E-state index in [9.17, 15) is 18.8 Å². The van der Waals surface area contributed by atoms with Crippen molar-refractivity contribution in [2.45, 2.75) is 12.8 Å². The van der Waals surface area contributed by atoms with Crippen molar-refractivity contribution >= 4 is 17.6 Å². The molecule has 0 radical (unpaired) electrons. The molecule has 5 heteroatoms. The van der Waals surface area contributed by atoms with Crippen LogP contribution in [0.3, 0.4) is 0 Å². The van der Waals surface area contributed by atoms with E-state index in [2.05, 4.69) is 0 Å². The Morgan fingerprint density at radius 3 is 2.33 bits per heavy atom. The lowest BCUT2D eigenvalue weighted by molar-refractivity contribution is -0.139. The van der Waals surface area contributed by atoms with E-state index in [-0.39, 0.29) is 35.8 Å². The number of Topliss-reactive ketones (excluding diaryl/α,β-unsaturated/α-hetero) is 1. The number of carbonyl (C=O) groups excluding carboxylic acids is 3. The Balaban J connectivity index is 1.78. The summed E-state index contributed by atoms with van der Waals surface area (Å²) in [6.45, 7) is -0.311. The second-order valence-electron chi connectivity index (χ2n) is 5.35. The first-order chi connectivity index (χ1) is 10.1. The van der Waals surface area contributed by atoms with Crippen molar-refractivity contribution < 1.29 is 18.8 Å². The standard InChI is InChI=1S/C16H14FNO3/c17-11-5-3-4-10(8-11)14(19)9-18-15(20)12-6-1-2-7-13(12)16(18)21/h1-5,8,12-13H,6-7,9H2/t12-,13+. The molecule has 2 aliphatic rings. The zero-order valence-corrected chi connectivity index (χ0v) is 11.3. The lowest BCUT2D eigenvalue weighted by Crippen LogP contribution is -2.36. The number of nitrogens with zero attached hydrogens (tertiary/aromatic N) is 1. The van der Waals surface area contributed by atoms with E-state index in [1.54, 1.807) is 0 Å². The molecule has 0 saturated carbocycles. The molecule has 0 unspecified atom stereocenters. The summed E-state index contributed by atoms with van der Waals surface area (Å²) in [5, 5.41) is 0. The molecule has 1 aromatic rings. The van der Waals surface area contributed by atoms with Crippen molar-refractivity contribution in [3.05, 3.63) is 47.8 Å². The van der Waals surface area contributed by atoms with Crippen LogP contribution >= 0.6 is 0 Å². The molecule has 2 atom stereocenters. The second-order valence-corrected chi connectivity index (χ2v) is 5.35. The average Bonchev–Trinajstić information content (AvgIpc) is 2.73. The fourth-order valence-electron chi connectivity index (χ4n) is 2.92. The van der Waals surface area contributed by atoms with Gasteiger partial charge in [0.05, 0.1) is 18.4 Å². The number of amides is 2. The summed E-state index contributed by atoms with van der Waals surface area (Å²) >= 11 is 0. The molecule has 1 fully saturated rings. The second kappa shape index (κ2) is 5.24. The lowest BCUT2D eigenvalue weighted by Gasteiger charge is -2.14. The highest BCUT2D eigenvalue weighted by atomic mass is 19.1. The van der Waals surface area contributed by atoms with Crippen molar-refractivity contribution in [1.29, 1.82) is 0 Å². The van der Waals surface area contributed by atoms with Crippen molar-refractivity contribution in [1.82, 2.24) is 4.90 Å². The maximum absolute atomic E-state index is 13.1. The van der Waals surface area contributed by atoms with Gasteiger partial charge >= 0.3 is 0 Å². The van der Waals surface area contributed by atoms with Crippen LogP contribution in [0.15, 0.2) is 36.4 Å². The van der Waals surface area contributed by atoms with Gasteiger partial charge in [-0.05, 0) is 25.0 Å². The van der Waals surface area contributed by atoms with Gasteiger partial charge in [-0.1, -0.05) is 24.3 Å². The monoisotopic (exact) mass is 287 g/mol. The molecule has 0 spiro atoms. The number of carbonyl (C=O) groups is 3. The third-order valence-corrected chi connectivity index (χ3v) is 4.05. The molecule has 1 aromatic carbocycles. The van der Waals surface area contributed by atoms with Crippen LogP contribution in [0, 0.1) is 17.7 Å². The molecular weight excluding hydrogens is 273 g/mol. The predicted octanol–water partition coefficient (Wildman–Crippen LogP) is 1.96. The Morgan fingerprint density at radius 2 is 1.76 bits per heavy atom. The van der Waals surface area contributed by atoms with Crippen LogP contribution in [0.25, 0.3) is 0 Å². The number of imide groups is 1. The summed E-state index contributed by atoms with van der Waals surface area (Å²) in [7, 11) is 0. The van der Waals surface area contributed by atoms with Crippen LogP contribution in [-0.2, 0) is 9.59 Å². The molecule has 0 aromatic heterocycles. The van der Waals surface area contributed by atoms with Gasteiger partial charge in [0.25, 0.3) is 0 Å². The van der Waals surface area contributed by atoms with Gasteiger partial charge in [0.15, 0.2) is 5.78 Å². The van der Waals surface area contributed by atoms with Gasteiger partial charge in [0, 0.05) is 5.56 Å². The summed E-state index contributed by atoms with van der Waals surface area (Å²) in [4.78, 5) is 37.6. The maximum Gasteiger partial charge on any atom is 0.233 e. The summed E-state index contributed by atoms with van der Waals surface area (Å²) in [5.74, 6) is -2.22. The molecule has 1 aliphatic carbocycles. The molecule has 0 bridgehead atoms. The highest BCUT2D eigenvalue weighted by Crippen LogP contribution is 2.35. The van der Waals surface area contributed by atoms with Crippen LogP contribution in [0.1, 0.15) is 23.2 Å². The normalized spacial score (nSPS) is 24.3. The van der Waals surface area contributed by atoms with Gasteiger partial charge in [0.1, 0.15) is 5.82 Å². The molecule has 1 heterocycles. The van der Waals surface area contributed by atoms with E-state index < -0.39 is 11.6 Å². The predicted molar refractivity (Wildman–Crippen MR) is 72.8 cm³/mol. The van der Waals surface area contributed by atoms with Crippen LogP contribution in [0.2, 0.25) is 0 Å². The number of allylic oxidation sites excluding steroid dienone is 2. The minimum Gasteiger partial charge on any atom is -0.292 e. The summed E-state index contributed by atoms with van der Waals surface area (Å²) in [5.41, 5.74) is 0.170. The fraction of sp³-hybridized carbons (Fsp3) is 0.312. The molecule has 3 rings (SSSR count). The topological polar surface area (TPSA) is 54.5 Å². The van der Waals surface area contributed by atoms with Crippen LogP contribution in [0.4, 0.5) is 4.39 Å². The first-order valence-corrected chi connectivity index (χ1v) is 6.87. The number of fused-ring (bicyclic) bond motifs is 1. The van der Waals surface area contributed by atoms with Gasteiger partial charge in [-0.25, -0.2) is 4.39 Å². The summed E-state index contributed by atoms with van der Waals surface area (Å²) in [6, 6.07) is 5.26. The Kier molecular flexibility index (Phi) is 3.41. The summed E-state index contributed by atoms with van der Waals surface area (Å²) in [6.07, 6.45) is 4.87. The van der Waals surface area contributed by atoms with Gasteiger partial charge in [-0.15, -0.1) is 0 Å². The Morgan fingerprint density at radius 1 is 1.14 bits per heavy atom. The number of benzene rings is 1.